The molecule has 0 bridgehead atoms. The maximum atomic E-state index is 12.5. The van der Waals surface area contributed by atoms with Crippen molar-refractivity contribution < 1.29 is 14.3 Å². The molecule has 0 aliphatic carbocycles. The topological polar surface area (TPSA) is 50.8 Å². The summed E-state index contributed by atoms with van der Waals surface area (Å²) in [5, 5.41) is 3.07. The van der Waals surface area contributed by atoms with E-state index in [0.29, 0.717) is 6.54 Å². The lowest BCUT2D eigenvalue weighted by atomic mass is 10.0. The Bertz CT molecular complexity index is 798. The highest BCUT2D eigenvalue weighted by atomic mass is 16.5. The Morgan fingerprint density at radius 2 is 1.79 bits per heavy atom. The van der Waals surface area contributed by atoms with Crippen molar-refractivity contribution in [2.75, 3.05) is 33.4 Å². The first kappa shape index (κ1) is 21.2. The van der Waals surface area contributed by atoms with Crippen LogP contribution in [0.4, 0.5) is 0 Å². The van der Waals surface area contributed by atoms with Crippen LogP contribution in [0.2, 0.25) is 0 Å². The Kier molecular flexibility index (Phi) is 7.53. The number of benzene rings is 2. The summed E-state index contributed by atoms with van der Waals surface area (Å²) in [5.41, 5.74) is 3.43. The van der Waals surface area contributed by atoms with Gasteiger partial charge in [0.2, 0.25) is 0 Å². The minimum Gasteiger partial charge on any atom is -0.497 e. The zero-order valence-electron chi connectivity index (χ0n) is 17.7. The molecule has 156 valence electrons. The first-order chi connectivity index (χ1) is 14.1. The maximum Gasteiger partial charge on any atom is 0.258 e. The average molecular weight is 397 g/mol. The molecular weight excluding hydrogens is 364 g/mol. The molecule has 0 saturated carbocycles. The molecule has 5 heteroatoms. The molecule has 0 aromatic heterocycles. The van der Waals surface area contributed by atoms with Crippen LogP contribution in [0.25, 0.3) is 0 Å². The van der Waals surface area contributed by atoms with Crippen LogP contribution in [0.1, 0.15) is 42.0 Å². The third-order valence-corrected chi connectivity index (χ3v) is 5.74. The monoisotopic (exact) mass is 396 g/mol. The first-order valence-corrected chi connectivity index (χ1v) is 10.4. The number of nitrogens with one attached hydrogen (secondary N) is 1. The second-order valence-electron chi connectivity index (χ2n) is 7.68. The molecule has 1 saturated heterocycles. The molecule has 5 nitrogen and oxygen atoms in total. The normalized spacial score (nSPS) is 15.6. The van der Waals surface area contributed by atoms with Gasteiger partial charge in [-0.2, -0.15) is 0 Å². The number of ether oxygens (including phenoxy) is 2. The van der Waals surface area contributed by atoms with Crippen molar-refractivity contribution >= 4 is 5.91 Å². The SMILES string of the molecule is COc1ccc(C(CNC(=O)COc2cccc(C)c2C)N2CCCCC2)cc1. The van der Waals surface area contributed by atoms with Gasteiger partial charge in [-0.05, 0) is 74.7 Å². The summed E-state index contributed by atoms with van der Waals surface area (Å²) in [7, 11) is 1.67. The molecule has 0 radical (unpaired) electrons. The van der Waals surface area contributed by atoms with Gasteiger partial charge in [0, 0.05) is 6.54 Å². The van der Waals surface area contributed by atoms with E-state index in [4.69, 9.17) is 9.47 Å². The minimum absolute atomic E-state index is 0.0274. The van der Waals surface area contributed by atoms with E-state index >= 15 is 0 Å². The molecule has 2 aromatic rings. The Morgan fingerprint density at radius 3 is 2.48 bits per heavy atom. The lowest BCUT2D eigenvalue weighted by Crippen LogP contribution is -2.41. The number of rotatable bonds is 8. The van der Waals surface area contributed by atoms with Gasteiger partial charge >= 0.3 is 0 Å². The number of piperidine rings is 1. The molecular formula is C24H32N2O3. The van der Waals surface area contributed by atoms with Crippen LogP contribution in [0.5, 0.6) is 11.5 Å². The summed E-state index contributed by atoms with van der Waals surface area (Å²) in [6, 6.07) is 14.2. The highest BCUT2D eigenvalue weighted by molar-refractivity contribution is 5.77. The van der Waals surface area contributed by atoms with Gasteiger partial charge in [0.05, 0.1) is 13.2 Å². The van der Waals surface area contributed by atoms with Gasteiger partial charge in [-0.15, -0.1) is 0 Å². The molecule has 2 aromatic carbocycles. The third kappa shape index (κ3) is 5.73. The summed E-state index contributed by atoms with van der Waals surface area (Å²) in [6.45, 7) is 6.77. The van der Waals surface area contributed by atoms with Gasteiger partial charge < -0.3 is 14.8 Å². The van der Waals surface area contributed by atoms with E-state index in [1.807, 2.05) is 44.2 Å². The molecule has 1 atom stereocenters. The van der Waals surface area contributed by atoms with E-state index in [9.17, 15) is 4.79 Å². The number of hydrogen-bond donors (Lipinski definition) is 1. The minimum atomic E-state index is -0.0959. The van der Waals surface area contributed by atoms with Crippen molar-refractivity contribution in [2.24, 2.45) is 0 Å². The molecule has 1 N–H and O–H groups in total. The molecule has 0 spiro atoms. The number of carbonyl (C=O) groups is 1. The van der Waals surface area contributed by atoms with Crippen LogP contribution in [0.15, 0.2) is 42.5 Å². The fourth-order valence-electron chi connectivity index (χ4n) is 3.80. The summed E-state index contributed by atoms with van der Waals surface area (Å²) in [6.07, 6.45) is 3.69. The van der Waals surface area contributed by atoms with Crippen molar-refractivity contribution in [1.82, 2.24) is 10.2 Å². The molecule has 1 aliphatic rings. The molecule has 1 fully saturated rings. The van der Waals surface area contributed by atoms with E-state index in [-0.39, 0.29) is 18.6 Å². The number of amides is 1. The average Bonchev–Trinajstić information content (AvgIpc) is 2.76. The molecule has 1 amide bonds. The van der Waals surface area contributed by atoms with E-state index in [1.54, 1.807) is 7.11 Å². The molecule has 1 unspecified atom stereocenters. The number of carbonyl (C=O) groups excluding carboxylic acids is 1. The van der Waals surface area contributed by atoms with Gasteiger partial charge in [0.25, 0.3) is 5.91 Å². The number of methoxy groups -OCH3 is 1. The maximum absolute atomic E-state index is 12.5. The number of hydrogen-bond acceptors (Lipinski definition) is 4. The van der Waals surface area contributed by atoms with Gasteiger partial charge in [0.15, 0.2) is 6.61 Å². The fraction of sp³-hybridized carbons (Fsp3) is 0.458. The summed E-state index contributed by atoms with van der Waals surface area (Å²) >= 11 is 0. The molecule has 1 heterocycles. The van der Waals surface area contributed by atoms with E-state index in [1.165, 1.54) is 24.8 Å². The predicted molar refractivity (Wildman–Crippen MR) is 116 cm³/mol. The van der Waals surface area contributed by atoms with Crippen LogP contribution in [0, 0.1) is 13.8 Å². The molecule has 1 aliphatic heterocycles. The van der Waals surface area contributed by atoms with Crippen LogP contribution < -0.4 is 14.8 Å². The lowest BCUT2D eigenvalue weighted by molar-refractivity contribution is -0.123. The Labute approximate surface area is 174 Å². The van der Waals surface area contributed by atoms with Gasteiger partial charge in [-0.25, -0.2) is 0 Å². The predicted octanol–water partition coefficient (Wildman–Crippen LogP) is 4.03. The highest BCUT2D eigenvalue weighted by Gasteiger charge is 2.23. The Morgan fingerprint density at radius 1 is 1.07 bits per heavy atom. The van der Waals surface area contributed by atoms with E-state index < -0.39 is 0 Å². The molecule has 29 heavy (non-hydrogen) atoms. The third-order valence-electron chi connectivity index (χ3n) is 5.74. The quantitative estimate of drug-likeness (QED) is 0.732. The first-order valence-electron chi connectivity index (χ1n) is 10.4. The summed E-state index contributed by atoms with van der Waals surface area (Å²) in [5.74, 6) is 1.52. The van der Waals surface area contributed by atoms with Crippen LogP contribution in [-0.2, 0) is 4.79 Å². The number of nitrogens with zero attached hydrogens (tertiary/aromatic N) is 1. The van der Waals surface area contributed by atoms with Crippen molar-refractivity contribution in [2.45, 2.75) is 39.2 Å². The number of aryl methyl sites for hydroxylation is 1. The van der Waals surface area contributed by atoms with Crippen molar-refractivity contribution in [3.05, 3.63) is 59.2 Å². The summed E-state index contributed by atoms with van der Waals surface area (Å²) in [4.78, 5) is 14.9. The highest BCUT2D eigenvalue weighted by Crippen LogP contribution is 2.26. The Balaban J connectivity index is 1.61. The zero-order chi connectivity index (χ0) is 20.6. The van der Waals surface area contributed by atoms with Crippen molar-refractivity contribution in [3.8, 4) is 11.5 Å². The van der Waals surface area contributed by atoms with Crippen LogP contribution in [-0.4, -0.2) is 44.2 Å². The van der Waals surface area contributed by atoms with Gasteiger partial charge in [-0.1, -0.05) is 30.7 Å². The second kappa shape index (κ2) is 10.3. The Hall–Kier alpha value is -2.53. The van der Waals surface area contributed by atoms with Gasteiger partial charge in [-0.3, -0.25) is 9.69 Å². The standard InChI is InChI=1S/C24H32N2O3/c1-18-8-7-9-23(19(18)2)29-17-24(27)25-16-22(26-14-5-4-6-15-26)20-10-12-21(28-3)13-11-20/h7-13,22H,4-6,14-17H2,1-3H3,(H,25,27). The lowest BCUT2D eigenvalue weighted by Gasteiger charge is -2.35. The van der Waals surface area contributed by atoms with Gasteiger partial charge in [0.1, 0.15) is 11.5 Å². The molecule has 3 rings (SSSR count). The number of likely N-dealkylation sites (tertiary alicyclic amines) is 1. The van der Waals surface area contributed by atoms with Crippen LogP contribution >= 0.6 is 0 Å². The summed E-state index contributed by atoms with van der Waals surface area (Å²) < 4.78 is 11.0. The largest absolute Gasteiger partial charge is 0.497 e. The second-order valence-corrected chi connectivity index (χ2v) is 7.68. The zero-order valence-corrected chi connectivity index (χ0v) is 17.7. The van der Waals surface area contributed by atoms with Crippen molar-refractivity contribution in [3.63, 3.8) is 0 Å². The smallest absolute Gasteiger partial charge is 0.258 e. The van der Waals surface area contributed by atoms with E-state index in [2.05, 4.69) is 22.3 Å². The fourth-order valence-corrected chi connectivity index (χ4v) is 3.80. The van der Waals surface area contributed by atoms with Crippen molar-refractivity contribution in [1.29, 1.82) is 0 Å². The van der Waals surface area contributed by atoms with E-state index in [0.717, 1.165) is 35.7 Å². The van der Waals surface area contributed by atoms with Crippen LogP contribution in [0.3, 0.4) is 0 Å².